The molecule has 0 spiro atoms. The van der Waals surface area contributed by atoms with Gasteiger partial charge in [0.1, 0.15) is 10.5 Å². The van der Waals surface area contributed by atoms with Gasteiger partial charge in [-0.1, -0.05) is 13.8 Å². The monoisotopic (exact) mass is 515 g/mol. The van der Waals surface area contributed by atoms with Crippen LogP contribution in [0, 0.1) is 24.0 Å². The van der Waals surface area contributed by atoms with Crippen molar-refractivity contribution < 1.29 is 22.3 Å². The minimum absolute atomic E-state index is 0.0155. The fourth-order valence-corrected chi connectivity index (χ4v) is 7.02. The van der Waals surface area contributed by atoms with E-state index in [0.29, 0.717) is 5.56 Å². The Labute approximate surface area is 207 Å². The molecule has 0 aliphatic carbocycles. The van der Waals surface area contributed by atoms with E-state index in [1.54, 1.807) is 11.8 Å². The Morgan fingerprint density at radius 3 is 2.49 bits per heavy atom. The summed E-state index contributed by atoms with van der Waals surface area (Å²) in [5.41, 5.74) is 3.14. The molecule has 1 aliphatic rings. The number of thioether (sulfide) groups is 1. The normalized spacial score (nSPS) is 14.9. The van der Waals surface area contributed by atoms with E-state index in [2.05, 4.69) is 18.9 Å². The maximum absolute atomic E-state index is 13.7. The molecule has 0 N–H and O–H groups in total. The van der Waals surface area contributed by atoms with Crippen molar-refractivity contribution in [1.29, 1.82) is 0 Å². The quantitative estimate of drug-likeness (QED) is 0.200. The molecule has 0 unspecified atom stereocenters. The van der Waals surface area contributed by atoms with Crippen LogP contribution in [0.5, 0.6) is 5.88 Å². The maximum Gasteiger partial charge on any atom is 0.340 e. The third-order valence-electron chi connectivity index (χ3n) is 6.27. The molecule has 2 aromatic carbocycles. The van der Waals surface area contributed by atoms with Gasteiger partial charge in [0.2, 0.25) is 5.88 Å². The first-order valence-electron chi connectivity index (χ1n) is 10.9. The van der Waals surface area contributed by atoms with Crippen molar-refractivity contribution in [3.05, 3.63) is 74.5 Å². The first-order valence-corrected chi connectivity index (χ1v) is 13.3. The highest BCUT2D eigenvalue weighted by molar-refractivity contribution is 7.99. The van der Waals surface area contributed by atoms with E-state index >= 15 is 0 Å². The Hall–Kier alpha value is -3.18. The number of nitrogens with zero attached hydrogens (tertiary/aromatic N) is 3. The average Bonchev–Trinajstić information content (AvgIpc) is 3.14. The summed E-state index contributed by atoms with van der Waals surface area (Å²) in [6.07, 6.45) is 2.27. The van der Waals surface area contributed by atoms with Crippen molar-refractivity contribution in [3.63, 3.8) is 0 Å². The highest BCUT2D eigenvalue weighted by atomic mass is 32.2. The first-order chi connectivity index (χ1) is 16.3. The summed E-state index contributed by atoms with van der Waals surface area (Å²) < 4.78 is 32.3. The van der Waals surface area contributed by atoms with Crippen LogP contribution < -0.4 is 4.18 Å². The number of aryl methyl sites for hydroxylation is 2. The molecule has 3 aromatic rings. The van der Waals surface area contributed by atoms with Crippen LogP contribution in [0.15, 0.2) is 46.3 Å². The SMILES string of the molecule is Cc1cc(C(=O)c2cnn(C)c2OS(=O)(=O)c2ccc([N+](=O)[O-])cc2)c(C)c2c1SCCC2(C)C. The highest BCUT2D eigenvalue weighted by Gasteiger charge is 2.34. The van der Waals surface area contributed by atoms with Crippen molar-refractivity contribution in [3.8, 4) is 5.88 Å². The number of aromatic nitrogens is 2. The highest BCUT2D eigenvalue weighted by Crippen LogP contribution is 2.46. The molecule has 2 heterocycles. The molecule has 0 saturated carbocycles. The fourth-order valence-electron chi connectivity index (χ4n) is 4.37. The number of ketones is 1. The van der Waals surface area contributed by atoms with Crippen LogP contribution in [0.25, 0.3) is 0 Å². The molecule has 9 nitrogen and oxygen atoms in total. The minimum atomic E-state index is -4.38. The van der Waals surface area contributed by atoms with E-state index in [4.69, 9.17) is 4.18 Å². The van der Waals surface area contributed by atoms with Gasteiger partial charge in [0.15, 0.2) is 5.78 Å². The van der Waals surface area contributed by atoms with Gasteiger partial charge in [-0.15, -0.1) is 11.8 Å². The van der Waals surface area contributed by atoms with Crippen molar-refractivity contribution >= 4 is 33.4 Å². The van der Waals surface area contributed by atoms with E-state index in [0.717, 1.165) is 53.1 Å². The maximum atomic E-state index is 13.7. The van der Waals surface area contributed by atoms with Gasteiger partial charge >= 0.3 is 10.1 Å². The third-order valence-corrected chi connectivity index (χ3v) is 8.72. The number of hydrogen-bond acceptors (Lipinski definition) is 8. The number of rotatable bonds is 6. The van der Waals surface area contributed by atoms with E-state index < -0.39 is 15.0 Å². The Morgan fingerprint density at radius 1 is 1.20 bits per heavy atom. The van der Waals surface area contributed by atoms with E-state index in [1.165, 1.54) is 22.8 Å². The molecular formula is C24H25N3O6S2. The summed E-state index contributed by atoms with van der Waals surface area (Å²) in [6, 6.07) is 6.16. The number of fused-ring (bicyclic) bond motifs is 1. The van der Waals surface area contributed by atoms with Crippen LogP contribution in [0.2, 0.25) is 0 Å². The summed E-state index contributed by atoms with van der Waals surface area (Å²) in [5, 5.41) is 14.9. The van der Waals surface area contributed by atoms with Gasteiger partial charge < -0.3 is 4.18 Å². The Morgan fingerprint density at radius 2 is 1.86 bits per heavy atom. The predicted molar refractivity (Wildman–Crippen MR) is 132 cm³/mol. The van der Waals surface area contributed by atoms with Crippen LogP contribution in [-0.4, -0.2) is 34.7 Å². The first kappa shape index (κ1) is 24.9. The van der Waals surface area contributed by atoms with Crippen molar-refractivity contribution in [1.82, 2.24) is 9.78 Å². The fraction of sp³-hybridized carbons (Fsp3) is 0.333. The van der Waals surface area contributed by atoms with E-state index in [1.807, 2.05) is 19.9 Å². The molecule has 11 heteroatoms. The van der Waals surface area contributed by atoms with Crippen molar-refractivity contribution in [2.24, 2.45) is 7.05 Å². The minimum Gasteiger partial charge on any atom is -0.358 e. The molecule has 0 radical (unpaired) electrons. The summed E-state index contributed by atoms with van der Waals surface area (Å²) >= 11 is 1.79. The smallest absolute Gasteiger partial charge is 0.340 e. The predicted octanol–water partition coefficient (Wildman–Crippen LogP) is 4.72. The largest absolute Gasteiger partial charge is 0.358 e. The number of nitro groups is 1. The summed E-state index contributed by atoms with van der Waals surface area (Å²) in [6.45, 7) is 8.23. The standard InChI is InChI=1S/C24H25N3O6S2/c1-14-12-18(15(2)20-22(14)34-11-10-24(20,3)4)21(28)19-13-25-26(5)23(19)33-35(31,32)17-8-6-16(7-9-17)27(29)30/h6-9,12-13H,10-11H2,1-5H3. The molecule has 0 saturated heterocycles. The van der Waals surface area contributed by atoms with Crippen LogP contribution in [-0.2, 0) is 22.6 Å². The van der Waals surface area contributed by atoms with Crippen LogP contribution >= 0.6 is 11.8 Å². The van der Waals surface area contributed by atoms with E-state index in [9.17, 15) is 23.3 Å². The topological polar surface area (TPSA) is 121 Å². The van der Waals surface area contributed by atoms with Gasteiger partial charge in [-0.05, 0) is 66.3 Å². The molecule has 35 heavy (non-hydrogen) atoms. The van der Waals surface area contributed by atoms with Gasteiger partial charge in [-0.2, -0.15) is 13.5 Å². The number of carbonyl (C=O) groups excluding carboxylic acids is 1. The third kappa shape index (κ3) is 4.45. The lowest BCUT2D eigenvalue weighted by atomic mass is 9.77. The molecule has 0 amide bonds. The molecule has 0 bridgehead atoms. The number of benzene rings is 2. The lowest BCUT2D eigenvalue weighted by Crippen LogP contribution is -2.26. The van der Waals surface area contributed by atoms with Crippen LogP contribution in [0.4, 0.5) is 5.69 Å². The zero-order valence-electron chi connectivity index (χ0n) is 20.0. The van der Waals surface area contributed by atoms with Gasteiger partial charge in [-0.25, -0.2) is 4.68 Å². The molecule has 4 rings (SSSR count). The second kappa shape index (κ2) is 8.80. The number of nitro benzene ring substituents is 1. The Kier molecular flexibility index (Phi) is 6.26. The van der Waals surface area contributed by atoms with Gasteiger partial charge in [0, 0.05) is 29.6 Å². The van der Waals surface area contributed by atoms with Gasteiger partial charge in [-0.3, -0.25) is 14.9 Å². The zero-order chi connectivity index (χ0) is 25.7. The van der Waals surface area contributed by atoms with Gasteiger partial charge in [0.25, 0.3) is 5.69 Å². The summed E-state index contributed by atoms with van der Waals surface area (Å²) in [5.74, 6) is 0.396. The zero-order valence-corrected chi connectivity index (χ0v) is 21.6. The average molecular weight is 516 g/mol. The summed E-state index contributed by atoms with van der Waals surface area (Å²) in [4.78, 5) is 24.8. The molecule has 0 fully saturated rings. The molecule has 1 aliphatic heterocycles. The van der Waals surface area contributed by atoms with Crippen LogP contribution in [0.3, 0.4) is 0 Å². The molecule has 184 valence electrons. The Balaban J connectivity index is 1.75. The second-order valence-electron chi connectivity index (χ2n) is 9.16. The second-order valence-corrected chi connectivity index (χ2v) is 11.8. The molecule has 1 aromatic heterocycles. The van der Waals surface area contributed by atoms with Crippen LogP contribution in [0.1, 0.15) is 52.9 Å². The number of carbonyl (C=O) groups is 1. The van der Waals surface area contributed by atoms with Crippen molar-refractivity contribution in [2.75, 3.05) is 5.75 Å². The Bertz CT molecular complexity index is 1460. The van der Waals surface area contributed by atoms with Gasteiger partial charge in [0.05, 0.1) is 11.1 Å². The molecule has 0 atom stereocenters. The number of non-ortho nitro benzene ring substituents is 1. The lowest BCUT2D eigenvalue weighted by molar-refractivity contribution is -0.384. The number of hydrogen-bond donors (Lipinski definition) is 0. The molecular weight excluding hydrogens is 490 g/mol. The van der Waals surface area contributed by atoms with Crippen molar-refractivity contribution in [2.45, 2.75) is 49.3 Å². The van der Waals surface area contributed by atoms with E-state index in [-0.39, 0.29) is 33.2 Å². The lowest BCUT2D eigenvalue weighted by Gasteiger charge is -2.35. The summed E-state index contributed by atoms with van der Waals surface area (Å²) in [7, 11) is -2.90.